The summed E-state index contributed by atoms with van der Waals surface area (Å²) in [5, 5.41) is 0. The number of carbonyl (C=O) groups excluding carboxylic acids is 2. The predicted octanol–water partition coefficient (Wildman–Crippen LogP) is 4.77. The quantitative estimate of drug-likeness (QED) is 0.576. The van der Waals surface area contributed by atoms with Gasteiger partial charge in [-0.2, -0.15) is 0 Å². The van der Waals surface area contributed by atoms with E-state index < -0.39 is 0 Å². The molecule has 2 aromatic carbocycles. The Hall–Kier alpha value is -0.980. The molecule has 0 N–H and O–H groups in total. The van der Waals surface area contributed by atoms with Crippen molar-refractivity contribution in [1.82, 2.24) is 0 Å². The van der Waals surface area contributed by atoms with Gasteiger partial charge in [0.1, 0.15) is 0 Å². The van der Waals surface area contributed by atoms with Crippen LogP contribution in [0.3, 0.4) is 0 Å². The van der Waals surface area contributed by atoms with Crippen LogP contribution in [0.1, 0.15) is 20.7 Å². The van der Waals surface area contributed by atoms with E-state index in [4.69, 9.17) is 0 Å². The van der Waals surface area contributed by atoms with Crippen LogP contribution < -0.4 is 4.90 Å². The Labute approximate surface area is 140 Å². The molecule has 0 atom stereocenters. The number of imide groups is 1. The maximum Gasteiger partial charge on any atom is 0.266 e. The summed E-state index contributed by atoms with van der Waals surface area (Å²) in [5.41, 5.74) is 1.37. The molecule has 0 radical (unpaired) electrons. The molecule has 3 nitrogen and oxygen atoms in total. The Balaban J connectivity index is 2.19. The zero-order valence-corrected chi connectivity index (χ0v) is 14.6. The minimum atomic E-state index is -0.311. The minimum absolute atomic E-state index is 0.311. The third kappa shape index (κ3) is 2.06. The molecule has 1 heterocycles. The molecule has 0 spiro atoms. The van der Waals surface area contributed by atoms with Crippen LogP contribution in [0, 0.1) is 0 Å². The molecule has 6 heteroatoms. The summed E-state index contributed by atoms with van der Waals surface area (Å²) in [4.78, 5) is 26.1. The van der Waals surface area contributed by atoms with Crippen molar-refractivity contribution in [3.05, 3.63) is 60.9 Å². The van der Waals surface area contributed by atoms with Crippen LogP contribution in [-0.2, 0) is 0 Å². The topological polar surface area (TPSA) is 37.4 Å². The molecule has 0 aliphatic carbocycles. The van der Waals surface area contributed by atoms with Gasteiger partial charge in [0.2, 0.25) is 0 Å². The van der Waals surface area contributed by atoms with Crippen LogP contribution in [0.25, 0.3) is 0 Å². The maximum atomic E-state index is 12.4. The van der Waals surface area contributed by atoms with Gasteiger partial charge in [0.15, 0.2) is 0 Å². The molecule has 0 saturated carbocycles. The van der Waals surface area contributed by atoms with E-state index in [0.29, 0.717) is 25.8 Å². The second-order valence-corrected chi connectivity index (χ2v) is 6.83. The number of halogens is 3. The Morgan fingerprint density at radius 3 is 1.70 bits per heavy atom. The minimum Gasteiger partial charge on any atom is -0.268 e. The van der Waals surface area contributed by atoms with E-state index >= 15 is 0 Å². The first-order chi connectivity index (χ1) is 9.50. The fourth-order valence-corrected chi connectivity index (χ4v) is 4.75. The molecule has 0 unspecified atom stereocenters. The number of amides is 2. The van der Waals surface area contributed by atoms with Crippen molar-refractivity contribution in [3.63, 3.8) is 0 Å². The fraction of sp³-hybridized carbons (Fsp3) is 0. The van der Waals surface area contributed by atoms with Gasteiger partial charge in [-0.3, -0.25) is 9.59 Å². The summed E-state index contributed by atoms with van der Waals surface area (Å²) in [6.07, 6.45) is 0. The average Bonchev–Trinajstić information content (AvgIpc) is 2.64. The second kappa shape index (κ2) is 5.09. The molecule has 3 rings (SSSR count). The number of nitrogens with zero attached hydrogens (tertiary/aromatic N) is 1. The predicted molar refractivity (Wildman–Crippen MR) is 87.1 cm³/mol. The molecular formula is C14H6Br3NO2. The molecule has 20 heavy (non-hydrogen) atoms. The van der Waals surface area contributed by atoms with Crippen LogP contribution in [0.4, 0.5) is 5.69 Å². The summed E-state index contributed by atoms with van der Waals surface area (Å²) in [7, 11) is 0. The summed E-state index contributed by atoms with van der Waals surface area (Å²) in [5.74, 6) is -0.622. The highest BCUT2D eigenvalue weighted by Gasteiger charge is 2.38. The number of hydrogen-bond donors (Lipinski definition) is 0. The summed E-state index contributed by atoms with van der Waals surface area (Å²) < 4.78 is 2.16. The Kier molecular flexibility index (Phi) is 3.56. The molecule has 2 amide bonds. The zero-order valence-electron chi connectivity index (χ0n) is 9.86. The van der Waals surface area contributed by atoms with Crippen molar-refractivity contribution in [1.29, 1.82) is 0 Å². The average molecular weight is 460 g/mol. The van der Waals surface area contributed by atoms with E-state index in [1.165, 1.54) is 4.90 Å². The third-order valence-electron chi connectivity index (χ3n) is 3.00. The van der Waals surface area contributed by atoms with Crippen molar-refractivity contribution < 1.29 is 9.59 Å². The lowest BCUT2D eigenvalue weighted by Crippen LogP contribution is -2.30. The van der Waals surface area contributed by atoms with Gasteiger partial charge >= 0.3 is 0 Å². The normalized spacial score (nSPS) is 13.8. The van der Waals surface area contributed by atoms with E-state index in [-0.39, 0.29) is 11.8 Å². The van der Waals surface area contributed by atoms with Crippen molar-refractivity contribution in [2.45, 2.75) is 0 Å². The number of hydrogen-bond acceptors (Lipinski definition) is 2. The number of fused-ring (bicyclic) bond motifs is 1. The number of rotatable bonds is 1. The summed E-state index contributed by atoms with van der Waals surface area (Å²) in [6, 6.07) is 10.4. The van der Waals surface area contributed by atoms with Crippen molar-refractivity contribution in [2.75, 3.05) is 4.90 Å². The smallest absolute Gasteiger partial charge is 0.266 e. The Bertz CT molecular complexity index is 700. The fourth-order valence-electron chi connectivity index (χ4n) is 2.14. The summed E-state index contributed by atoms with van der Waals surface area (Å²) >= 11 is 10.2. The van der Waals surface area contributed by atoms with E-state index in [9.17, 15) is 9.59 Å². The standard InChI is InChI=1S/C14H6Br3NO2/c15-7-5-10(16)12(11(17)6-7)18-13(19)8-3-1-2-4-9(8)14(18)20/h1-6H. The first kappa shape index (κ1) is 14.0. The van der Waals surface area contributed by atoms with Gasteiger partial charge in [-0.05, 0) is 56.1 Å². The largest absolute Gasteiger partial charge is 0.268 e. The van der Waals surface area contributed by atoms with E-state index in [0.717, 1.165) is 4.47 Å². The monoisotopic (exact) mass is 457 g/mol. The molecule has 100 valence electrons. The third-order valence-corrected chi connectivity index (χ3v) is 4.67. The van der Waals surface area contributed by atoms with Gasteiger partial charge in [-0.15, -0.1) is 0 Å². The summed E-state index contributed by atoms with van der Waals surface area (Å²) in [6.45, 7) is 0. The molecule has 0 aromatic heterocycles. The van der Waals surface area contributed by atoms with Crippen molar-refractivity contribution in [2.24, 2.45) is 0 Å². The van der Waals surface area contributed by atoms with Crippen LogP contribution >= 0.6 is 47.8 Å². The molecule has 0 fully saturated rings. The number of carbonyl (C=O) groups is 2. The lowest BCUT2D eigenvalue weighted by Gasteiger charge is -2.18. The lowest BCUT2D eigenvalue weighted by molar-refractivity contribution is 0.0926. The number of anilines is 1. The van der Waals surface area contributed by atoms with Gasteiger partial charge in [-0.25, -0.2) is 4.90 Å². The molecule has 1 aliphatic rings. The van der Waals surface area contributed by atoms with E-state index in [2.05, 4.69) is 47.8 Å². The molecule has 0 bridgehead atoms. The Morgan fingerprint density at radius 2 is 1.25 bits per heavy atom. The van der Waals surface area contributed by atoms with Gasteiger partial charge in [0.05, 0.1) is 16.8 Å². The SMILES string of the molecule is O=C1c2ccccc2C(=O)N1c1c(Br)cc(Br)cc1Br. The molecule has 1 aliphatic heterocycles. The molecular weight excluding hydrogens is 454 g/mol. The van der Waals surface area contributed by atoms with E-state index in [1.807, 2.05) is 0 Å². The van der Waals surface area contributed by atoms with E-state index in [1.54, 1.807) is 36.4 Å². The van der Waals surface area contributed by atoms with Crippen LogP contribution in [-0.4, -0.2) is 11.8 Å². The molecule has 0 saturated heterocycles. The van der Waals surface area contributed by atoms with Crippen molar-refractivity contribution in [3.8, 4) is 0 Å². The van der Waals surface area contributed by atoms with Gasteiger partial charge in [-0.1, -0.05) is 28.1 Å². The van der Waals surface area contributed by atoms with Crippen LogP contribution in [0.5, 0.6) is 0 Å². The number of benzene rings is 2. The van der Waals surface area contributed by atoms with Gasteiger partial charge in [0.25, 0.3) is 11.8 Å². The highest BCUT2D eigenvalue weighted by Crippen LogP contribution is 2.40. The zero-order chi connectivity index (χ0) is 14.4. The first-order valence-electron chi connectivity index (χ1n) is 5.63. The maximum absolute atomic E-state index is 12.4. The lowest BCUT2D eigenvalue weighted by atomic mass is 10.1. The molecule has 2 aromatic rings. The second-order valence-electron chi connectivity index (χ2n) is 4.21. The highest BCUT2D eigenvalue weighted by molar-refractivity contribution is 9.11. The Morgan fingerprint density at radius 1 is 0.800 bits per heavy atom. The first-order valence-corrected chi connectivity index (χ1v) is 8.01. The van der Waals surface area contributed by atoms with Crippen LogP contribution in [0.2, 0.25) is 0 Å². The van der Waals surface area contributed by atoms with Gasteiger partial charge in [0, 0.05) is 13.4 Å². The van der Waals surface area contributed by atoms with Crippen molar-refractivity contribution >= 4 is 65.3 Å². The highest BCUT2D eigenvalue weighted by atomic mass is 79.9. The van der Waals surface area contributed by atoms with Gasteiger partial charge < -0.3 is 0 Å². The van der Waals surface area contributed by atoms with Crippen LogP contribution in [0.15, 0.2) is 49.8 Å².